The fourth-order valence-electron chi connectivity index (χ4n) is 1.44. The molecule has 1 aliphatic heterocycles. The van der Waals surface area contributed by atoms with Gasteiger partial charge in [-0.2, -0.15) is 0 Å². The summed E-state index contributed by atoms with van der Waals surface area (Å²) in [6.45, 7) is 1.21. The van der Waals surface area contributed by atoms with Crippen molar-refractivity contribution >= 4 is 11.9 Å². The van der Waals surface area contributed by atoms with Gasteiger partial charge in [0.15, 0.2) is 11.5 Å². The molecule has 8 nitrogen and oxygen atoms in total. The number of benzene rings is 1. The van der Waals surface area contributed by atoms with E-state index in [1.807, 2.05) is 0 Å². The molecule has 0 unspecified atom stereocenters. The number of carbonyl (C=O) groups is 2. The molecule has 2 atom stereocenters. The van der Waals surface area contributed by atoms with Gasteiger partial charge >= 0.3 is 5.97 Å². The van der Waals surface area contributed by atoms with Gasteiger partial charge < -0.3 is 30.5 Å². The van der Waals surface area contributed by atoms with E-state index in [9.17, 15) is 9.90 Å². The van der Waals surface area contributed by atoms with Crippen LogP contribution in [0.4, 0.5) is 0 Å². The Labute approximate surface area is 114 Å². The molecule has 0 aromatic heterocycles. The van der Waals surface area contributed by atoms with E-state index in [-0.39, 0.29) is 6.79 Å². The van der Waals surface area contributed by atoms with Crippen molar-refractivity contribution < 1.29 is 34.4 Å². The minimum absolute atomic E-state index is 0.125. The number of rotatable bonds is 3. The van der Waals surface area contributed by atoms with Crippen molar-refractivity contribution in [3.05, 3.63) is 23.8 Å². The third kappa shape index (κ3) is 4.11. The van der Waals surface area contributed by atoms with Gasteiger partial charge in [-0.1, -0.05) is 6.07 Å². The zero-order chi connectivity index (χ0) is 15.3. The quantitative estimate of drug-likeness (QED) is 0.448. The van der Waals surface area contributed by atoms with Crippen LogP contribution in [0.2, 0.25) is 0 Å². The summed E-state index contributed by atoms with van der Waals surface area (Å²) in [5.74, 6) is -1.04. The van der Waals surface area contributed by atoms with Gasteiger partial charge in [-0.05, 0) is 17.7 Å². The number of nitrogens with two attached hydrogens (primary N) is 1. The molecular weight excluding hydrogens is 273 g/mol. The van der Waals surface area contributed by atoms with E-state index in [2.05, 4.69) is 0 Å². The number of aliphatic carboxylic acids is 2. The summed E-state index contributed by atoms with van der Waals surface area (Å²) >= 11 is 0. The lowest BCUT2D eigenvalue weighted by Gasteiger charge is -2.15. The van der Waals surface area contributed by atoms with Gasteiger partial charge in [0, 0.05) is 6.92 Å². The molecule has 1 aromatic rings. The van der Waals surface area contributed by atoms with Crippen LogP contribution in [0.3, 0.4) is 0 Å². The molecule has 1 heterocycles. The zero-order valence-electron chi connectivity index (χ0n) is 10.6. The van der Waals surface area contributed by atoms with Crippen LogP contribution in [0.1, 0.15) is 18.6 Å². The number of aliphatic hydroxyl groups excluding tert-OH is 1. The van der Waals surface area contributed by atoms with Crippen molar-refractivity contribution in [3.63, 3.8) is 0 Å². The summed E-state index contributed by atoms with van der Waals surface area (Å²) in [7, 11) is 0. The Bertz CT molecular complexity index is 499. The summed E-state index contributed by atoms with van der Waals surface area (Å²) in [5, 5.41) is 25.8. The highest BCUT2D eigenvalue weighted by Crippen LogP contribution is 2.34. The highest BCUT2D eigenvalue weighted by Gasteiger charge is 2.25. The first-order chi connectivity index (χ1) is 9.32. The van der Waals surface area contributed by atoms with Crippen LogP contribution in [0, 0.1) is 0 Å². The number of carboxylic acid groups (broad SMARTS) is 2. The topological polar surface area (TPSA) is 139 Å². The molecule has 0 bridgehead atoms. The molecule has 0 fully saturated rings. The smallest absolute Gasteiger partial charge is 0.323 e. The second-order valence-corrected chi connectivity index (χ2v) is 3.94. The summed E-state index contributed by atoms with van der Waals surface area (Å²) in [5.41, 5.74) is 5.70. The maximum absolute atomic E-state index is 10.6. The third-order valence-electron chi connectivity index (χ3n) is 2.36. The van der Waals surface area contributed by atoms with Crippen LogP contribution in [-0.4, -0.2) is 40.1 Å². The fourth-order valence-corrected chi connectivity index (χ4v) is 1.44. The van der Waals surface area contributed by atoms with Crippen LogP contribution in [-0.2, 0) is 9.59 Å². The molecule has 20 heavy (non-hydrogen) atoms. The molecule has 0 saturated heterocycles. The second kappa shape index (κ2) is 6.73. The number of carboxylic acids is 2. The number of ether oxygens (including phenoxy) is 2. The van der Waals surface area contributed by atoms with Crippen LogP contribution >= 0.6 is 0 Å². The molecule has 0 saturated carbocycles. The summed E-state index contributed by atoms with van der Waals surface area (Å²) in [6.07, 6.45) is -1.27. The Kier molecular flexibility index (Phi) is 5.30. The van der Waals surface area contributed by atoms with E-state index in [4.69, 9.17) is 30.2 Å². The van der Waals surface area contributed by atoms with Crippen LogP contribution in [0.25, 0.3) is 0 Å². The Hall–Kier alpha value is -2.32. The highest BCUT2D eigenvalue weighted by molar-refractivity contribution is 5.74. The molecule has 1 aliphatic rings. The average molecular weight is 288 g/mol. The Morgan fingerprint density at radius 3 is 2.35 bits per heavy atom. The molecule has 0 radical (unpaired) electrons. The van der Waals surface area contributed by atoms with E-state index >= 15 is 0 Å². The SMILES string of the molecule is CC(=O)O.[15NH2][13C@H](C(=O)O)[13C@H](O)c1ccc2c(c1)OCO2. The van der Waals surface area contributed by atoms with Gasteiger partial charge in [0.05, 0.1) is 0 Å². The summed E-state index contributed by atoms with van der Waals surface area (Å²) < 4.78 is 10.2. The molecule has 0 amide bonds. The molecule has 5 N–H and O–H groups in total. The zero-order valence-corrected chi connectivity index (χ0v) is 10.6. The Morgan fingerprint density at radius 1 is 1.25 bits per heavy atom. The van der Waals surface area contributed by atoms with Crippen molar-refractivity contribution in [2.75, 3.05) is 6.79 Å². The first-order valence-electron chi connectivity index (χ1n) is 5.58. The monoisotopic (exact) mass is 288 g/mol. The van der Waals surface area contributed by atoms with E-state index < -0.39 is 24.1 Å². The summed E-state index contributed by atoms with van der Waals surface area (Å²) in [4.78, 5) is 19.6. The van der Waals surface area contributed by atoms with E-state index in [1.54, 1.807) is 12.1 Å². The number of fused-ring (bicyclic) bond motifs is 1. The molecule has 1 aromatic carbocycles. The van der Waals surface area contributed by atoms with Crippen LogP contribution < -0.4 is 15.2 Å². The standard InChI is InChI=1S/C10H11NO5.C2H4O2/c11-8(10(13)14)9(12)5-1-2-6-7(3-5)16-4-15-6;1-2(3)4/h1-3,8-9,12H,4,11H2,(H,13,14);1H3,(H,3,4)/t8-,9+;/m0./s1/i8+1,9+1,11+1;. The molecule has 2 rings (SSSR count). The lowest BCUT2D eigenvalue weighted by molar-refractivity contribution is -0.141. The number of aliphatic hydroxyl groups is 1. The summed E-state index contributed by atoms with van der Waals surface area (Å²) in [6, 6.07) is 3.33. The van der Waals surface area contributed by atoms with E-state index in [0.717, 1.165) is 6.92 Å². The van der Waals surface area contributed by atoms with Gasteiger partial charge in [0.25, 0.3) is 5.97 Å². The molecule has 0 spiro atoms. The van der Waals surface area contributed by atoms with E-state index in [0.29, 0.717) is 17.1 Å². The van der Waals surface area contributed by atoms with Gasteiger partial charge in [-0.15, -0.1) is 0 Å². The number of hydrogen-bond donors (Lipinski definition) is 4. The van der Waals surface area contributed by atoms with Crippen molar-refractivity contribution in [2.24, 2.45) is 5.73 Å². The molecule has 0 aliphatic carbocycles. The molecular formula is C12H15NO7. The molecule has 110 valence electrons. The van der Waals surface area contributed by atoms with Crippen molar-refractivity contribution in [3.8, 4) is 11.5 Å². The minimum Gasteiger partial charge on any atom is -0.481 e. The maximum Gasteiger partial charge on any atom is 0.323 e. The number of hydrogen-bond acceptors (Lipinski definition) is 6. The maximum atomic E-state index is 10.6. The third-order valence-corrected chi connectivity index (χ3v) is 2.36. The average Bonchev–Trinajstić information content (AvgIpc) is 2.83. The van der Waals surface area contributed by atoms with Crippen LogP contribution in [0.5, 0.6) is 11.5 Å². The van der Waals surface area contributed by atoms with Crippen molar-refractivity contribution in [1.29, 1.82) is 0 Å². The fraction of sp³-hybridized carbons (Fsp3) is 0.333. The first-order valence-corrected chi connectivity index (χ1v) is 5.58. The van der Waals surface area contributed by atoms with Gasteiger partial charge in [-0.3, -0.25) is 9.59 Å². The van der Waals surface area contributed by atoms with Gasteiger partial charge in [0.2, 0.25) is 6.79 Å². The highest BCUT2D eigenvalue weighted by atomic mass is 16.7. The Balaban J connectivity index is 0.000000444. The van der Waals surface area contributed by atoms with Crippen LogP contribution in [0.15, 0.2) is 18.2 Å². The molecule has 8 heteroatoms. The first kappa shape index (κ1) is 15.7. The second-order valence-electron chi connectivity index (χ2n) is 3.94. The van der Waals surface area contributed by atoms with Gasteiger partial charge in [-0.25, -0.2) is 0 Å². The largest absolute Gasteiger partial charge is 0.481 e. The van der Waals surface area contributed by atoms with Crippen molar-refractivity contribution in [1.82, 2.24) is 0 Å². The van der Waals surface area contributed by atoms with E-state index in [1.165, 1.54) is 6.07 Å². The minimum atomic E-state index is -1.36. The lowest BCUT2D eigenvalue weighted by Crippen LogP contribution is -2.36. The predicted molar refractivity (Wildman–Crippen MR) is 66.4 cm³/mol. The van der Waals surface area contributed by atoms with Gasteiger partial charge in [0.1, 0.15) is 12.1 Å². The predicted octanol–water partition coefficient (Wildman–Crippen LogP) is -0.0485. The lowest BCUT2D eigenvalue weighted by atomic mass is 10.2. The van der Waals surface area contributed by atoms with Crippen molar-refractivity contribution in [2.45, 2.75) is 19.1 Å². The normalized spacial score (nSPS) is 14.8. The Morgan fingerprint density at radius 2 is 1.80 bits per heavy atom.